The van der Waals surface area contributed by atoms with Crippen molar-refractivity contribution in [1.82, 2.24) is 24.9 Å². The van der Waals surface area contributed by atoms with Crippen molar-refractivity contribution in [2.45, 2.75) is 20.0 Å². The molecule has 2 aromatic carbocycles. The first-order valence-electron chi connectivity index (χ1n) is 9.55. The van der Waals surface area contributed by atoms with E-state index in [0.717, 1.165) is 33.8 Å². The number of benzene rings is 2. The molecule has 0 aliphatic rings. The second-order valence-electron chi connectivity index (χ2n) is 7.05. The van der Waals surface area contributed by atoms with E-state index in [9.17, 15) is 0 Å². The number of aromatic amines is 2. The van der Waals surface area contributed by atoms with Crippen molar-refractivity contribution in [3.63, 3.8) is 0 Å². The minimum absolute atomic E-state index is 0.598. The van der Waals surface area contributed by atoms with Gasteiger partial charge in [-0.25, -0.2) is 9.97 Å². The Morgan fingerprint density at radius 2 is 1.69 bits per heavy atom. The van der Waals surface area contributed by atoms with Crippen LogP contribution >= 0.6 is 0 Å². The molecule has 7 nitrogen and oxygen atoms in total. The first-order valence-corrected chi connectivity index (χ1v) is 9.55. The van der Waals surface area contributed by atoms with Gasteiger partial charge in [0.1, 0.15) is 11.6 Å². The summed E-state index contributed by atoms with van der Waals surface area (Å²) >= 11 is 0. The third kappa shape index (κ3) is 3.75. The molecule has 0 amide bonds. The quantitative estimate of drug-likeness (QED) is 0.349. The molecule has 0 aliphatic heterocycles. The average molecular weight is 383 g/mol. The van der Waals surface area contributed by atoms with Gasteiger partial charge in [0, 0.05) is 31.0 Å². The standard InChI is InChI=1S/C22H21N7/c1-14-27-18-5-3-16(11-20(18)28-14)12-25-21-7-9-24-22(29-21)26-13-15-2-4-17-6-8-23-19(17)10-15/h2-11,23H,12-13H2,1H3,(H,27,28)(H2,24,25,26,29). The minimum Gasteiger partial charge on any atom is -0.366 e. The van der Waals surface area contributed by atoms with Crippen LogP contribution in [0.25, 0.3) is 21.9 Å². The molecule has 4 N–H and O–H groups in total. The van der Waals surface area contributed by atoms with Gasteiger partial charge in [-0.15, -0.1) is 0 Å². The highest BCUT2D eigenvalue weighted by Crippen LogP contribution is 2.17. The second kappa shape index (κ2) is 7.27. The Morgan fingerprint density at radius 3 is 2.62 bits per heavy atom. The van der Waals surface area contributed by atoms with Crippen LogP contribution in [0.3, 0.4) is 0 Å². The van der Waals surface area contributed by atoms with Crippen molar-refractivity contribution in [3.05, 3.63) is 77.9 Å². The Labute approximate surface area is 167 Å². The molecular formula is C22H21N7. The van der Waals surface area contributed by atoms with Gasteiger partial charge in [0.05, 0.1) is 11.0 Å². The van der Waals surface area contributed by atoms with Gasteiger partial charge in [-0.3, -0.25) is 0 Å². The zero-order valence-electron chi connectivity index (χ0n) is 16.0. The summed E-state index contributed by atoms with van der Waals surface area (Å²) in [5.74, 6) is 2.30. The average Bonchev–Trinajstić information content (AvgIpc) is 3.35. The van der Waals surface area contributed by atoms with Crippen LogP contribution < -0.4 is 10.6 Å². The molecule has 0 atom stereocenters. The molecule has 5 aromatic rings. The van der Waals surface area contributed by atoms with Gasteiger partial charge in [-0.05, 0) is 53.8 Å². The number of nitrogens with one attached hydrogen (secondary N) is 4. The van der Waals surface area contributed by atoms with Gasteiger partial charge in [0.15, 0.2) is 0 Å². The Bertz CT molecular complexity index is 1280. The topological polar surface area (TPSA) is 94.3 Å². The minimum atomic E-state index is 0.598. The predicted molar refractivity (Wildman–Crippen MR) is 116 cm³/mol. The number of aryl methyl sites for hydroxylation is 1. The van der Waals surface area contributed by atoms with E-state index in [2.05, 4.69) is 72.0 Å². The van der Waals surface area contributed by atoms with Crippen LogP contribution in [0, 0.1) is 6.92 Å². The highest BCUT2D eigenvalue weighted by molar-refractivity contribution is 5.80. The summed E-state index contributed by atoms with van der Waals surface area (Å²) in [4.78, 5) is 19.8. The number of H-pyrrole nitrogens is 2. The van der Waals surface area contributed by atoms with Crippen LogP contribution in [0.2, 0.25) is 0 Å². The molecule has 29 heavy (non-hydrogen) atoms. The van der Waals surface area contributed by atoms with Crippen molar-refractivity contribution in [2.75, 3.05) is 10.6 Å². The first kappa shape index (κ1) is 17.2. The van der Waals surface area contributed by atoms with Gasteiger partial charge < -0.3 is 20.6 Å². The first-order chi connectivity index (χ1) is 14.2. The van der Waals surface area contributed by atoms with Crippen LogP contribution in [0.5, 0.6) is 0 Å². The Hall–Kier alpha value is -3.87. The molecule has 0 spiro atoms. The highest BCUT2D eigenvalue weighted by Gasteiger charge is 2.04. The number of imidazole rings is 1. The van der Waals surface area contributed by atoms with E-state index in [4.69, 9.17) is 0 Å². The van der Waals surface area contributed by atoms with E-state index in [-0.39, 0.29) is 0 Å². The van der Waals surface area contributed by atoms with E-state index in [0.29, 0.717) is 19.0 Å². The number of aromatic nitrogens is 5. The fraction of sp³-hybridized carbons (Fsp3) is 0.136. The summed E-state index contributed by atoms with van der Waals surface area (Å²) < 4.78 is 0. The maximum atomic E-state index is 4.56. The SMILES string of the molecule is Cc1nc2ccc(CNc3ccnc(NCc4ccc5cc[nH]c5c4)n3)cc2[nH]1. The number of nitrogens with zero attached hydrogens (tertiary/aromatic N) is 3. The summed E-state index contributed by atoms with van der Waals surface area (Å²) in [6.07, 6.45) is 3.71. The number of fused-ring (bicyclic) bond motifs is 2. The third-order valence-electron chi connectivity index (χ3n) is 4.86. The molecule has 3 aromatic heterocycles. The smallest absolute Gasteiger partial charge is 0.224 e. The van der Waals surface area contributed by atoms with Crippen molar-refractivity contribution in [1.29, 1.82) is 0 Å². The largest absolute Gasteiger partial charge is 0.366 e. The summed E-state index contributed by atoms with van der Waals surface area (Å²) in [6.45, 7) is 3.30. The van der Waals surface area contributed by atoms with E-state index >= 15 is 0 Å². The summed E-state index contributed by atoms with van der Waals surface area (Å²) in [7, 11) is 0. The summed E-state index contributed by atoms with van der Waals surface area (Å²) in [5, 5.41) is 7.86. The highest BCUT2D eigenvalue weighted by atomic mass is 15.1. The van der Waals surface area contributed by atoms with Crippen molar-refractivity contribution >= 4 is 33.7 Å². The molecule has 0 saturated heterocycles. The molecule has 0 radical (unpaired) electrons. The Balaban J connectivity index is 1.23. The van der Waals surface area contributed by atoms with E-state index in [1.54, 1.807) is 6.20 Å². The fourth-order valence-electron chi connectivity index (χ4n) is 3.42. The number of hydrogen-bond acceptors (Lipinski definition) is 5. The van der Waals surface area contributed by atoms with Gasteiger partial charge in [0.25, 0.3) is 0 Å². The summed E-state index contributed by atoms with van der Waals surface area (Å²) in [6, 6.07) is 16.5. The van der Waals surface area contributed by atoms with Crippen LogP contribution in [-0.4, -0.2) is 24.9 Å². The molecule has 3 heterocycles. The lowest BCUT2D eigenvalue weighted by Crippen LogP contribution is -2.06. The molecule has 0 saturated carbocycles. The Morgan fingerprint density at radius 1 is 0.862 bits per heavy atom. The van der Waals surface area contributed by atoms with Crippen LogP contribution in [-0.2, 0) is 13.1 Å². The number of hydrogen-bond donors (Lipinski definition) is 4. The van der Waals surface area contributed by atoms with Gasteiger partial charge in [0.2, 0.25) is 5.95 Å². The van der Waals surface area contributed by atoms with Crippen LogP contribution in [0.4, 0.5) is 11.8 Å². The summed E-state index contributed by atoms with van der Waals surface area (Å²) in [5.41, 5.74) is 5.49. The molecule has 7 heteroatoms. The van der Waals surface area contributed by atoms with Crippen LogP contribution in [0.1, 0.15) is 17.0 Å². The molecule has 0 fully saturated rings. The number of anilines is 2. The van der Waals surface area contributed by atoms with Gasteiger partial charge in [-0.1, -0.05) is 18.2 Å². The van der Waals surface area contributed by atoms with Gasteiger partial charge >= 0.3 is 0 Å². The molecule has 0 aliphatic carbocycles. The molecular weight excluding hydrogens is 362 g/mol. The zero-order valence-corrected chi connectivity index (χ0v) is 16.0. The zero-order chi connectivity index (χ0) is 19.6. The number of rotatable bonds is 6. The normalized spacial score (nSPS) is 11.2. The van der Waals surface area contributed by atoms with Crippen LogP contribution in [0.15, 0.2) is 60.9 Å². The van der Waals surface area contributed by atoms with E-state index in [1.165, 1.54) is 10.9 Å². The lowest BCUT2D eigenvalue weighted by Gasteiger charge is -2.09. The second-order valence-corrected chi connectivity index (χ2v) is 7.05. The van der Waals surface area contributed by atoms with E-state index in [1.807, 2.05) is 25.3 Å². The predicted octanol–water partition coefficient (Wildman–Crippen LogP) is 4.37. The van der Waals surface area contributed by atoms with E-state index < -0.39 is 0 Å². The maximum Gasteiger partial charge on any atom is 0.224 e. The fourth-order valence-corrected chi connectivity index (χ4v) is 3.42. The molecule has 0 bridgehead atoms. The monoisotopic (exact) mass is 383 g/mol. The van der Waals surface area contributed by atoms with Crippen molar-refractivity contribution in [3.8, 4) is 0 Å². The lowest BCUT2D eigenvalue weighted by molar-refractivity contribution is 1.04. The molecule has 5 rings (SSSR count). The van der Waals surface area contributed by atoms with Crippen molar-refractivity contribution in [2.24, 2.45) is 0 Å². The Kier molecular flexibility index (Phi) is 4.32. The van der Waals surface area contributed by atoms with Crippen molar-refractivity contribution < 1.29 is 0 Å². The third-order valence-corrected chi connectivity index (χ3v) is 4.86. The maximum absolute atomic E-state index is 4.56. The lowest BCUT2D eigenvalue weighted by atomic mass is 10.1. The molecule has 144 valence electrons. The van der Waals surface area contributed by atoms with Gasteiger partial charge in [-0.2, -0.15) is 4.98 Å². The molecule has 0 unspecified atom stereocenters.